The van der Waals surface area contributed by atoms with E-state index in [1.54, 1.807) is 24.0 Å². The zero-order chi connectivity index (χ0) is 21.2. The summed E-state index contributed by atoms with van der Waals surface area (Å²) in [5.74, 6) is 0.525. The molecular formula is C22H28N2O4S. The molecule has 0 saturated carbocycles. The number of ether oxygens (including phenoxy) is 1. The van der Waals surface area contributed by atoms with Crippen LogP contribution >= 0.6 is 0 Å². The lowest BCUT2D eigenvalue weighted by Crippen LogP contribution is -2.53. The molecule has 1 heterocycles. The van der Waals surface area contributed by atoms with Crippen LogP contribution in [0.1, 0.15) is 23.6 Å². The number of piperazine rings is 1. The number of sulfonamides is 1. The molecule has 0 radical (unpaired) electrons. The Morgan fingerprint density at radius 2 is 1.66 bits per heavy atom. The third-order valence-corrected chi connectivity index (χ3v) is 7.21. The van der Waals surface area contributed by atoms with Crippen LogP contribution in [0.3, 0.4) is 0 Å². The molecule has 3 rings (SSSR count). The van der Waals surface area contributed by atoms with Gasteiger partial charge in [0.15, 0.2) is 6.10 Å². The predicted octanol–water partition coefficient (Wildman–Crippen LogP) is 2.91. The van der Waals surface area contributed by atoms with E-state index in [0.29, 0.717) is 23.7 Å². The predicted molar refractivity (Wildman–Crippen MR) is 113 cm³/mol. The van der Waals surface area contributed by atoms with Crippen molar-refractivity contribution in [1.29, 1.82) is 0 Å². The van der Waals surface area contributed by atoms with Gasteiger partial charge >= 0.3 is 0 Å². The van der Waals surface area contributed by atoms with E-state index in [-0.39, 0.29) is 19.0 Å². The summed E-state index contributed by atoms with van der Waals surface area (Å²) in [7, 11) is -3.56. The standard InChI is InChI=1S/C22H28N2O4S/c1-16-6-5-7-20(14-16)28-19(4)22(25)23-10-12-24(13-11-23)29(26,27)21-9-8-17(2)18(3)15-21/h5-9,14-15,19H,10-13H2,1-4H3. The molecule has 6 nitrogen and oxygen atoms in total. The fraction of sp³-hybridized carbons (Fsp3) is 0.409. The number of nitrogens with zero attached hydrogens (tertiary/aromatic N) is 2. The highest BCUT2D eigenvalue weighted by Crippen LogP contribution is 2.21. The molecule has 156 valence electrons. The van der Waals surface area contributed by atoms with Crippen molar-refractivity contribution in [2.24, 2.45) is 0 Å². The second kappa shape index (κ2) is 8.55. The lowest BCUT2D eigenvalue weighted by atomic mass is 10.1. The number of hydrogen-bond donors (Lipinski definition) is 0. The first-order valence-corrected chi connectivity index (χ1v) is 11.2. The van der Waals surface area contributed by atoms with Crippen molar-refractivity contribution >= 4 is 15.9 Å². The topological polar surface area (TPSA) is 66.9 Å². The Kier molecular flexibility index (Phi) is 6.29. The van der Waals surface area contributed by atoms with Gasteiger partial charge in [0.25, 0.3) is 5.91 Å². The molecular weight excluding hydrogens is 388 g/mol. The minimum absolute atomic E-state index is 0.130. The summed E-state index contributed by atoms with van der Waals surface area (Å²) in [5.41, 5.74) is 3.07. The highest BCUT2D eigenvalue weighted by Gasteiger charge is 2.32. The average molecular weight is 417 g/mol. The molecule has 1 fully saturated rings. The zero-order valence-electron chi connectivity index (χ0n) is 17.4. The summed E-state index contributed by atoms with van der Waals surface area (Å²) in [6, 6.07) is 12.7. The van der Waals surface area contributed by atoms with Crippen molar-refractivity contribution in [2.45, 2.75) is 38.7 Å². The van der Waals surface area contributed by atoms with Crippen LogP contribution in [0, 0.1) is 20.8 Å². The number of carbonyl (C=O) groups excluding carboxylic acids is 1. The smallest absolute Gasteiger partial charge is 0.263 e. The Bertz CT molecular complexity index is 996. The molecule has 1 atom stereocenters. The van der Waals surface area contributed by atoms with E-state index < -0.39 is 16.1 Å². The summed E-state index contributed by atoms with van der Waals surface area (Å²) in [5, 5.41) is 0. The molecule has 2 aromatic carbocycles. The molecule has 1 unspecified atom stereocenters. The van der Waals surface area contributed by atoms with Crippen LogP contribution in [-0.2, 0) is 14.8 Å². The van der Waals surface area contributed by atoms with Crippen LogP contribution in [-0.4, -0.2) is 55.8 Å². The molecule has 2 aromatic rings. The second-order valence-electron chi connectivity index (χ2n) is 7.55. The van der Waals surface area contributed by atoms with Crippen molar-refractivity contribution in [3.8, 4) is 5.75 Å². The Morgan fingerprint density at radius 3 is 2.28 bits per heavy atom. The van der Waals surface area contributed by atoms with Crippen molar-refractivity contribution in [1.82, 2.24) is 9.21 Å². The van der Waals surface area contributed by atoms with Gasteiger partial charge in [-0.05, 0) is 68.7 Å². The maximum absolute atomic E-state index is 12.9. The highest BCUT2D eigenvalue weighted by molar-refractivity contribution is 7.89. The minimum atomic E-state index is -3.56. The maximum atomic E-state index is 12.9. The molecule has 1 amide bonds. The number of benzene rings is 2. The van der Waals surface area contributed by atoms with Crippen molar-refractivity contribution in [3.63, 3.8) is 0 Å². The van der Waals surface area contributed by atoms with Gasteiger partial charge in [0.2, 0.25) is 10.0 Å². The Morgan fingerprint density at radius 1 is 0.966 bits per heavy atom. The lowest BCUT2D eigenvalue weighted by Gasteiger charge is -2.35. The Hall–Kier alpha value is -2.38. The average Bonchev–Trinajstić information content (AvgIpc) is 2.69. The van der Waals surface area contributed by atoms with Crippen LogP contribution in [0.25, 0.3) is 0 Å². The Balaban J connectivity index is 1.62. The molecule has 1 saturated heterocycles. The van der Waals surface area contributed by atoms with E-state index in [2.05, 4.69) is 0 Å². The molecule has 29 heavy (non-hydrogen) atoms. The first kappa shape index (κ1) is 21.3. The molecule has 0 spiro atoms. The summed E-state index contributed by atoms with van der Waals surface area (Å²) in [4.78, 5) is 14.7. The number of rotatable bonds is 5. The van der Waals surface area contributed by atoms with Crippen LogP contribution in [0.2, 0.25) is 0 Å². The van der Waals surface area contributed by atoms with E-state index in [0.717, 1.165) is 16.7 Å². The first-order chi connectivity index (χ1) is 13.7. The van der Waals surface area contributed by atoms with Crippen molar-refractivity contribution < 1.29 is 17.9 Å². The van der Waals surface area contributed by atoms with Crippen LogP contribution in [0.15, 0.2) is 47.4 Å². The summed E-state index contributed by atoms with van der Waals surface area (Å²) in [6.07, 6.45) is -0.625. The van der Waals surface area contributed by atoms with Gasteiger partial charge in [0.05, 0.1) is 4.90 Å². The number of amides is 1. The van der Waals surface area contributed by atoms with Gasteiger partial charge in [0.1, 0.15) is 5.75 Å². The molecule has 0 N–H and O–H groups in total. The van der Waals surface area contributed by atoms with Crippen LogP contribution in [0.4, 0.5) is 0 Å². The monoisotopic (exact) mass is 416 g/mol. The van der Waals surface area contributed by atoms with Gasteiger partial charge in [-0.15, -0.1) is 0 Å². The van der Waals surface area contributed by atoms with Crippen LogP contribution in [0.5, 0.6) is 5.75 Å². The number of hydrogen-bond acceptors (Lipinski definition) is 4. The molecule has 0 aromatic heterocycles. The Labute approximate surface area is 173 Å². The van der Waals surface area contributed by atoms with Gasteiger partial charge in [-0.3, -0.25) is 4.79 Å². The lowest BCUT2D eigenvalue weighted by molar-refractivity contribution is -0.139. The molecule has 0 bridgehead atoms. The zero-order valence-corrected chi connectivity index (χ0v) is 18.2. The molecule has 1 aliphatic heterocycles. The fourth-order valence-corrected chi connectivity index (χ4v) is 4.88. The maximum Gasteiger partial charge on any atom is 0.263 e. The van der Waals surface area contributed by atoms with E-state index in [9.17, 15) is 13.2 Å². The first-order valence-electron chi connectivity index (χ1n) is 9.78. The molecule has 1 aliphatic rings. The highest BCUT2D eigenvalue weighted by atomic mass is 32.2. The molecule has 0 aliphatic carbocycles. The van der Waals surface area contributed by atoms with Gasteiger partial charge in [0, 0.05) is 26.2 Å². The second-order valence-corrected chi connectivity index (χ2v) is 9.49. The summed E-state index contributed by atoms with van der Waals surface area (Å²) >= 11 is 0. The van der Waals surface area contributed by atoms with E-state index in [4.69, 9.17) is 4.74 Å². The third kappa shape index (κ3) is 4.79. The normalized spacial score (nSPS) is 16.5. The van der Waals surface area contributed by atoms with E-state index >= 15 is 0 Å². The van der Waals surface area contributed by atoms with E-state index in [1.165, 1.54) is 4.31 Å². The minimum Gasteiger partial charge on any atom is -0.481 e. The van der Waals surface area contributed by atoms with Gasteiger partial charge in [-0.2, -0.15) is 4.31 Å². The molecule has 7 heteroatoms. The number of aryl methyl sites for hydroxylation is 3. The summed E-state index contributed by atoms with van der Waals surface area (Å²) in [6.45, 7) is 8.80. The SMILES string of the molecule is Cc1cccc(OC(C)C(=O)N2CCN(S(=O)(=O)c3ccc(C)c(C)c3)CC2)c1. The fourth-order valence-electron chi connectivity index (χ4n) is 3.37. The van der Waals surface area contributed by atoms with Gasteiger partial charge in [-0.25, -0.2) is 8.42 Å². The van der Waals surface area contributed by atoms with E-state index in [1.807, 2.05) is 51.1 Å². The quantitative estimate of drug-likeness (QED) is 0.752. The summed E-state index contributed by atoms with van der Waals surface area (Å²) < 4.78 is 33.1. The van der Waals surface area contributed by atoms with Crippen LogP contribution < -0.4 is 4.74 Å². The van der Waals surface area contributed by atoms with Gasteiger partial charge in [-0.1, -0.05) is 18.2 Å². The van der Waals surface area contributed by atoms with Crippen molar-refractivity contribution in [2.75, 3.05) is 26.2 Å². The van der Waals surface area contributed by atoms with Crippen molar-refractivity contribution in [3.05, 3.63) is 59.2 Å². The number of carbonyl (C=O) groups is 1. The third-order valence-electron chi connectivity index (χ3n) is 5.32. The van der Waals surface area contributed by atoms with Gasteiger partial charge < -0.3 is 9.64 Å². The largest absolute Gasteiger partial charge is 0.481 e.